The molecule has 0 bridgehead atoms. The third-order valence-corrected chi connectivity index (χ3v) is 4.06. The first kappa shape index (κ1) is 11.5. The lowest BCUT2D eigenvalue weighted by Gasteiger charge is -2.41. The predicted octanol–water partition coefficient (Wildman–Crippen LogP) is 3.39. The second-order valence-electron chi connectivity index (χ2n) is 5.32. The van der Waals surface area contributed by atoms with Crippen molar-refractivity contribution in [1.29, 1.82) is 0 Å². The summed E-state index contributed by atoms with van der Waals surface area (Å²) in [5.74, 6) is 1.11. The van der Waals surface area contributed by atoms with E-state index in [2.05, 4.69) is 16.5 Å². The highest BCUT2D eigenvalue weighted by atomic mass is 19.1. The third kappa shape index (κ3) is 1.44. The van der Waals surface area contributed by atoms with Gasteiger partial charge in [0.25, 0.3) is 0 Å². The molecule has 1 fully saturated rings. The van der Waals surface area contributed by atoms with Gasteiger partial charge in [-0.3, -0.25) is 0 Å². The van der Waals surface area contributed by atoms with Crippen LogP contribution in [0.25, 0.3) is 11.0 Å². The lowest BCUT2D eigenvalue weighted by Crippen LogP contribution is -2.37. The van der Waals surface area contributed by atoms with E-state index in [1.807, 2.05) is 13.0 Å². The molecule has 0 saturated heterocycles. The van der Waals surface area contributed by atoms with E-state index in [0.717, 1.165) is 24.2 Å². The Labute approximate surface area is 106 Å². The normalized spacial score (nSPS) is 17.8. The second kappa shape index (κ2) is 3.70. The van der Waals surface area contributed by atoms with Crippen LogP contribution in [0, 0.1) is 12.7 Å². The SMILES string of the molecule is COc1cc(F)c2nc(C)n(C3(C)CCC3)c2c1. The van der Waals surface area contributed by atoms with E-state index in [-0.39, 0.29) is 11.4 Å². The zero-order valence-electron chi connectivity index (χ0n) is 11.0. The van der Waals surface area contributed by atoms with E-state index in [1.165, 1.54) is 12.5 Å². The molecule has 96 valence electrons. The van der Waals surface area contributed by atoms with Crippen molar-refractivity contribution >= 4 is 11.0 Å². The molecule has 1 aromatic heterocycles. The molecule has 0 N–H and O–H groups in total. The number of aromatic nitrogens is 2. The summed E-state index contributed by atoms with van der Waals surface area (Å²) in [7, 11) is 1.55. The van der Waals surface area contributed by atoms with E-state index >= 15 is 0 Å². The average molecular weight is 248 g/mol. The monoisotopic (exact) mass is 248 g/mol. The number of rotatable bonds is 2. The summed E-state index contributed by atoms with van der Waals surface area (Å²) in [6.45, 7) is 4.15. The highest BCUT2D eigenvalue weighted by molar-refractivity contribution is 5.79. The Hall–Kier alpha value is -1.58. The first-order valence-electron chi connectivity index (χ1n) is 6.28. The molecule has 1 heterocycles. The van der Waals surface area contributed by atoms with Crippen LogP contribution in [0.1, 0.15) is 32.0 Å². The van der Waals surface area contributed by atoms with Gasteiger partial charge in [0.15, 0.2) is 5.82 Å². The van der Waals surface area contributed by atoms with Crippen LogP contribution in [0.2, 0.25) is 0 Å². The summed E-state index contributed by atoms with van der Waals surface area (Å²) in [6.07, 6.45) is 3.47. The van der Waals surface area contributed by atoms with Gasteiger partial charge in [-0.15, -0.1) is 0 Å². The number of methoxy groups -OCH3 is 1. The molecule has 1 aliphatic carbocycles. The van der Waals surface area contributed by atoms with Crippen molar-refractivity contribution in [3.05, 3.63) is 23.8 Å². The molecule has 3 rings (SSSR count). The first-order chi connectivity index (χ1) is 8.55. The van der Waals surface area contributed by atoms with Gasteiger partial charge in [0.05, 0.1) is 12.6 Å². The van der Waals surface area contributed by atoms with Crippen molar-refractivity contribution in [2.75, 3.05) is 7.11 Å². The number of nitrogens with zero attached hydrogens (tertiary/aromatic N) is 2. The summed E-state index contributed by atoms with van der Waals surface area (Å²) in [5.41, 5.74) is 1.37. The summed E-state index contributed by atoms with van der Waals surface area (Å²) in [5, 5.41) is 0. The minimum atomic E-state index is -0.311. The van der Waals surface area contributed by atoms with Crippen LogP contribution in [-0.4, -0.2) is 16.7 Å². The van der Waals surface area contributed by atoms with Gasteiger partial charge in [-0.1, -0.05) is 0 Å². The molecular weight excluding hydrogens is 231 g/mol. The van der Waals surface area contributed by atoms with Crippen LogP contribution in [-0.2, 0) is 5.54 Å². The van der Waals surface area contributed by atoms with Gasteiger partial charge in [0.2, 0.25) is 0 Å². The smallest absolute Gasteiger partial charge is 0.154 e. The molecule has 2 aromatic rings. The topological polar surface area (TPSA) is 27.1 Å². The minimum absolute atomic E-state index is 0.0810. The Balaban J connectivity index is 2.30. The number of benzene rings is 1. The van der Waals surface area contributed by atoms with Crippen LogP contribution in [0.3, 0.4) is 0 Å². The van der Waals surface area contributed by atoms with Crippen molar-refractivity contribution in [2.45, 2.75) is 38.6 Å². The molecule has 18 heavy (non-hydrogen) atoms. The van der Waals surface area contributed by atoms with Gasteiger partial charge >= 0.3 is 0 Å². The predicted molar refractivity (Wildman–Crippen MR) is 68.5 cm³/mol. The maximum absolute atomic E-state index is 14.0. The number of hydrogen-bond acceptors (Lipinski definition) is 2. The fraction of sp³-hybridized carbons (Fsp3) is 0.500. The third-order valence-electron chi connectivity index (χ3n) is 4.06. The van der Waals surface area contributed by atoms with Crippen LogP contribution in [0.4, 0.5) is 4.39 Å². The highest BCUT2D eigenvalue weighted by Crippen LogP contribution is 2.42. The Kier molecular flexibility index (Phi) is 2.37. The molecule has 3 nitrogen and oxygen atoms in total. The Bertz CT molecular complexity index is 614. The molecule has 0 radical (unpaired) electrons. The summed E-state index contributed by atoms with van der Waals surface area (Å²) < 4.78 is 21.3. The van der Waals surface area contributed by atoms with Crippen LogP contribution >= 0.6 is 0 Å². The maximum Gasteiger partial charge on any atom is 0.154 e. The lowest BCUT2D eigenvalue weighted by atomic mass is 9.78. The van der Waals surface area contributed by atoms with Crippen molar-refractivity contribution in [1.82, 2.24) is 9.55 Å². The largest absolute Gasteiger partial charge is 0.497 e. The van der Waals surface area contributed by atoms with Gasteiger partial charge < -0.3 is 9.30 Å². The van der Waals surface area contributed by atoms with Crippen LogP contribution in [0.15, 0.2) is 12.1 Å². The Morgan fingerprint density at radius 3 is 2.67 bits per heavy atom. The fourth-order valence-corrected chi connectivity index (χ4v) is 2.94. The van der Waals surface area contributed by atoms with Gasteiger partial charge in [-0.05, 0) is 33.1 Å². The van der Waals surface area contributed by atoms with Crippen molar-refractivity contribution in [3.8, 4) is 5.75 Å². The Morgan fingerprint density at radius 2 is 2.11 bits per heavy atom. The quantitative estimate of drug-likeness (QED) is 0.814. The van der Waals surface area contributed by atoms with Crippen molar-refractivity contribution in [2.24, 2.45) is 0 Å². The van der Waals surface area contributed by atoms with Gasteiger partial charge in [0.1, 0.15) is 17.1 Å². The number of imidazole rings is 1. The van der Waals surface area contributed by atoms with Gasteiger partial charge in [0, 0.05) is 17.7 Å². The average Bonchev–Trinajstić information content (AvgIpc) is 2.63. The second-order valence-corrected chi connectivity index (χ2v) is 5.32. The molecule has 1 saturated carbocycles. The molecule has 0 aliphatic heterocycles. The standard InChI is InChI=1S/C14H17FN2O/c1-9-16-13-11(15)7-10(18-3)8-12(13)17(9)14(2)5-4-6-14/h7-8H,4-6H2,1-3H3. The van der Waals surface area contributed by atoms with E-state index in [0.29, 0.717) is 11.3 Å². The van der Waals surface area contributed by atoms with Crippen LogP contribution in [0.5, 0.6) is 5.75 Å². The Morgan fingerprint density at radius 1 is 1.39 bits per heavy atom. The minimum Gasteiger partial charge on any atom is -0.497 e. The summed E-state index contributed by atoms with van der Waals surface area (Å²) in [4.78, 5) is 4.37. The molecule has 0 amide bonds. The molecule has 0 unspecified atom stereocenters. The fourth-order valence-electron chi connectivity index (χ4n) is 2.94. The highest BCUT2D eigenvalue weighted by Gasteiger charge is 2.36. The van der Waals surface area contributed by atoms with E-state index in [1.54, 1.807) is 7.11 Å². The van der Waals surface area contributed by atoms with E-state index in [9.17, 15) is 4.39 Å². The summed E-state index contributed by atoms with van der Waals surface area (Å²) >= 11 is 0. The van der Waals surface area contributed by atoms with Gasteiger partial charge in [-0.2, -0.15) is 0 Å². The van der Waals surface area contributed by atoms with Crippen molar-refractivity contribution < 1.29 is 9.13 Å². The number of hydrogen-bond donors (Lipinski definition) is 0. The van der Waals surface area contributed by atoms with Crippen molar-refractivity contribution in [3.63, 3.8) is 0 Å². The molecule has 1 aromatic carbocycles. The van der Waals surface area contributed by atoms with E-state index < -0.39 is 0 Å². The van der Waals surface area contributed by atoms with Gasteiger partial charge in [-0.25, -0.2) is 9.37 Å². The molecule has 1 aliphatic rings. The number of halogens is 1. The maximum atomic E-state index is 14.0. The zero-order chi connectivity index (χ0) is 12.9. The lowest BCUT2D eigenvalue weighted by molar-refractivity contribution is 0.171. The molecule has 0 spiro atoms. The molecule has 4 heteroatoms. The van der Waals surface area contributed by atoms with E-state index in [4.69, 9.17) is 4.74 Å². The number of aryl methyl sites for hydroxylation is 1. The summed E-state index contributed by atoms with van der Waals surface area (Å²) in [6, 6.07) is 3.27. The number of fused-ring (bicyclic) bond motifs is 1. The molecular formula is C14H17FN2O. The van der Waals surface area contributed by atoms with Crippen LogP contribution < -0.4 is 4.74 Å². The first-order valence-corrected chi connectivity index (χ1v) is 6.28. The zero-order valence-corrected chi connectivity index (χ0v) is 11.0. The molecule has 0 atom stereocenters. The number of ether oxygens (including phenoxy) is 1.